The number of amides is 1. The standard InChI is InChI=1S/C30H36N2O2/c1-24-14-16-25(17-15-24)29(34)18-21-32(22-19-29)23-20-30(28(33)31(2)3,26-10-6-4-7-11-26)27-12-8-5-9-13-27/h4-17,34H,18-23H2,1-3H3/i4D,5D,6D,7D,8D,9D,10D,11D,12D,13D,18D2,19D2,21D2,22D2. The fraction of sp³-hybridized carbons (Fsp3) is 0.367. The maximum Gasteiger partial charge on any atom is 0.237 e. The maximum atomic E-state index is 14.6. The van der Waals surface area contributed by atoms with Crippen molar-refractivity contribution < 1.29 is 34.6 Å². The van der Waals surface area contributed by atoms with Crippen molar-refractivity contribution in [2.45, 2.75) is 37.1 Å². The number of carbonyl (C=O) groups excluding carboxylic acids is 1. The van der Waals surface area contributed by atoms with Gasteiger partial charge in [0.15, 0.2) is 0 Å². The summed E-state index contributed by atoms with van der Waals surface area (Å²) in [6.07, 6.45) is -8.53. The van der Waals surface area contributed by atoms with E-state index in [0.717, 1.165) is 31.1 Å². The summed E-state index contributed by atoms with van der Waals surface area (Å²) in [5.41, 5.74) is -8.11. The summed E-state index contributed by atoms with van der Waals surface area (Å²) in [4.78, 5) is 15.5. The largest absolute Gasteiger partial charge is 0.385 e. The minimum Gasteiger partial charge on any atom is -0.385 e. The molecule has 0 atom stereocenters. The molecule has 0 spiro atoms. The van der Waals surface area contributed by atoms with Crippen LogP contribution in [-0.2, 0) is 15.8 Å². The summed E-state index contributed by atoms with van der Waals surface area (Å²) < 4.78 is 157. The molecule has 1 saturated heterocycles. The van der Waals surface area contributed by atoms with E-state index in [2.05, 4.69) is 0 Å². The van der Waals surface area contributed by atoms with E-state index >= 15 is 0 Å². The second kappa shape index (κ2) is 10.1. The molecule has 1 aliphatic heterocycles. The van der Waals surface area contributed by atoms with E-state index in [1.165, 1.54) is 12.1 Å². The molecular weight excluding hydrogens is 420 g/mol. The number of piperidine rings is 1. The van der Waals surface area contributed by atoms with E-state index in [0.29, 0.717) is 5.56 Å². The smallest absolute Gasteiger partial charge is 0.237 e. The molecule has 178 valence electrons. The number of carbonyl (C=O) groups is 1. The Bertz CT molecular complexity index is 1790. The van der Waals surface area contributed by atoms with Crippen LogP contribution >= 0.6 is 0 Å². The van der Waals surface area contributed by atoms with Gasteiger partial charge in [-0.2, -0.15) is 0 Å². The number of aliphatic hydroxyl groups is 1. The number of nitrogens with zero attached hydrogens (tertiary/aromatic N) is 2. The quantitative estimate of drug-likeness (QED) is 0.538. The lowest BCUT2D eigenvalue weighted by Gasteiger charge is -2.41. The van der Waals surface area contributed by atoms with Gasteiger partial charge in [0, 0.05) is 38.1 Å². The summed E-state index contributed by atoms with van der Waals surface area (Å²) >= 11 is 0. The van der Waals surface area contributed by atoms with E-state index in [9.17, 15) is 9.90 Å². The first-order valence-electron chi connectivity index (χ1n) is 19.5. The molecule has 34 heavy (non-hydrogen) atoms. The number of aryl methyl sites for hydroxylation is 1. The molecule has 0 saturated carbocycles. The zero-order valence-corrected chi connectivity index (χ0v) is 19.0. The van der Waals surface area contributed by atoms with Crippen molar-refractivity contribution in [3.63, 3.8) is 0 Å². The lowest BCUT2D eigenvalue weighted by atomic mass is 9.70. The topological polar surface area (TPSA) is 43.8 Å². The van der Waals surface area contributed by atoms with Gasteiger partial charge in [-0.05, 0) is 49.3 Å². The third kappa shape index (κ3) is 4.79. The van der Waals surface area contributed by atoms with Gasteiger partial charge >= 0.3 is 0 Å². The lowest BCUT2D eigenvalue weighted by molar-refractivity contribution is -0.133. The zero-order valence-electron chi connectivity index (χ0n) is 37.0. The van der Waals surface area contributed by atoms with Crippen LogP contribution in [0.5, 0.6) is 0 Å². The molecule has 4 nitrogen and oxygen atoms in total. The second-order valence-electron chi connectivity index (χ2n) is 8.06. The summed E-state index contributed by atoms with van der Waals surface area (Å²) in [5, 5.41) is 11.9. The van der Waals surface area contributed by atoms with Gasteiger partial charge in [-0.1, -0.05) is 90.3 Å². The Morgan fingerprint density at radius 2 is 1.50 bits per heavy atom. The van der Waals surface area contributed by atoms with Crippen molar-refractivity contribution in [3.8, 4) is 0 Å². The molecule has 0 bridgehead atoms. The monoisotopic (exact) mass is 474 g/mol. The Morgan fingerprint density at radius 3 is 1.97 bits per heavy atom. The number of benzene rings is 3. The summed E-state index contributed by atoms with van der Waals surface area (Å²) in [7, 11) is 2.31. The first kappa shape index (κ1) is 10.3. The second-order valence-corrected chi connectivity index (χ2v) is 8.06. The molecule has 0 aromatic heterocycles. The van der Waals surface area contributed by atoms with Crippen LogP contribution in [0.25, 0.3) is 0 Å². The number of likely N-dealkylation sites (N-methyl/N-ethyl adjacent to an activating group) is 1. The van der Waals surface area contributed by atoms with Crippen LogP contribution < -0.4 is 0 Å². The Kier molecular flexibility index (Phi) is 3.08. The van der Waals surface area contributed by atoms with Crippen molar-refractivity contribution >= 4 is 5.91 Å². The number of hydrogen-bond donors (Lipinski definition) is 1. The van der Waals surface area contributed by atoms with Crippen molar-refractivity contribution in [1.29, 1.82) is 0 Å². The third-order valence-electron chi connectivity index (χ3n) is 5.55. The molecule has 1 N–H and O–H groups in total. The first-order valence-corrected chi connectivity index (χ1v) is 10.5. The summed E-state index contributed by atoms with van der Waals surface area (Å²) in [6.45, 7) is -6.92. The number of hydrogen-bond acceptors (Lipinski definition) is 3. The maximum absolute atomic E-state index is 14.6. The molecule has 3 aromatic carbocycles. The van der Waals surface area contributed by atoms with E-state index in [1.54, 1.807) is 6.92 Å². The fourth-order valence-electron chi connectivity index (χ4n) is 3.69. The van der Waals surface area contributed by atoms with Gasteiger partial charge in [0.2, 0.25) is 5.91 Å². The number of rotatable bonds is 7. The van der Waals surface area contributed by atoms with Gasteiger partial charge in [-0.25, -0.2) is 0 Å². The molecule has 0 aliphatic carbocycles. The van der Waals surface area contributed by atoms with Crippen molar-refractivity contribution in [2.75, 3.05) is 33.6 Å². The van der Waals surface area contributed by atoms with Gasteiger partial charge in [0.05, 0.1) is 19.3 Å². The number of likely N-dealkylation sites (tertiary alicyclic amines) is 1. The highest BCUT2D eigenvalue weighted by Gasteiger charge is 2.43. The third-order valence-corrected chi connectivity index (χ3v) is 5.55. The molecule has 1 fully saturated rings. The average molecular weight is 475 g/mol. The van der Waals surface area contributed by atoms with Crippen LogP contribution in [0.1, 0.15) is 66.1 Å². The van der Waals surface area contributed by atoms with Crippen LogP contribution in [-0.4, -0.2) is 54.4 Å². The zero-order chi connectivity index (χ0) is 40.1. The minimum absolute atomic E-state index is 0.0605. The van der Waals surface area contributed by atoms with E-state index in [4.69, 9.17) is 24.7 Å². The van der Waals surface area contributed by atoms with Crippen LogP contribution in [0.4, 0.5) is 0 Å². The Morgan fingerprint density at radius 1 is 1.00 bits per heavy atom. The normalized spacial score (nSPS) is 29.8. The highest BCUT2D eigenvalue weighted by atomic mass is 16.3. The van der Waals surface area contributed by atoms with Gasteiger partial charge in [-0.15, -0.1) is 0 Å². The average Bonchev–Trinajstić information content (AvgIpc) is 3.06. The predicted octanol–water partition coefficient (Wildman–Crippen LogP) is 4.74. The molecule has 3 aromatic rings. The SMILES string of the molecule is [2H]c1c([2H])c([2H])c(C(CCN2C([2H])([2H])C([2H])([2H])C(O)(c3ccc(C)cc3)C([2H])([2H])C2([2H])[2H])(C(=O)N(C)C)c2c([2H])c([2H])c([2H])c([2H])c2[2H])c([2H])c1[2H]. The minimum atomic E-state index is -3.69. The van der Waals surface area contributed by atoms with E-state index in [-0.39, 0.29) is 4.90 Å². The molecule has 1 heterocycles. The van der Waals surface area contributed by atoms with E-state index in [1.807, 2.05) is 0 Å². The molecule has 4 heteroatoms. The Hall–Kier alpha value is -2.95. The highest BCUT2D eigenvalue weighted by molar-refractivity contribution is 5.91. The first-order chi connectivity index (χ1) is 23.5. The summed E-state index contributed by atoms with van der Waals surface area (Å²) in [5.74, 6) is -1.25. The van der Waals surface area contributed by atoms with Crippen molar-refractivity contribution in [3.05, 3.63) is 107 Å². The van der Waals surface area contributed by atoms with Gasteiger partial charge in [0.25, 0.3) is 0 Å². The molecule has 4 rings (SSSR count). The molecule has 1 amide bonds. The lowest BCUT2D eigenvalue weighted by Crippen LogP contribution is -2.48. The van der Waals surface area contributed by atoms with Gasteiger partial charge in [-0.3, -0.25) is 4.79 Å². The highest BCUT2D eigenvalue weighted by Crippen LogP contribution is 2.39. The fourth-order valence-corrected chi connectivity index (χ4v) is 3.69. The van der Waals surface area contributed by atoms with Crippen LogP contribution in [0.15, 0.2) is 84.7 Å². The Labute approximate surface area is 229 Å². The molecule has 0 radical (unpaired) electrons. The predicted molar refractivity (Wildman–Crippen MR) is 138 cm³/mol. The molecular formula is C30H36N2O2. The van der Waals surface area contributed by atoms with Crippen LogP contribution in [0.2, 0.25) is 0 Å². The van der Waals surface area contributed by atoms with Crippen LogP contribution in [0, 0.1) is 6.92 Å². The van der Waals surface area contributed by atoms with Gasteiger partial charge in [0.1, 0.15) is 5.41 Å². The summed E-state index contributed by atoms with van der Waals surface area (Å²) in [6, 6.07) is -4.91. The van der Waals surface area contributed by atoms with Crippen LogP contribution in [0.3, 0.4) is 0 Å². The molecule has 0 unspecified atom stereocenters. The molecule has 1 aliphatic rings. The van der Waals surface area contributed by atoms with E-state index < -0.39 is 133 Å². The Balaban J connectivity index is 2.15. The van der Waals surface area contributed by atoms with Crippen molar-refractivity contribution in [2.24, 2.45) is 0 Å². The van der Waals surface area contributed by atoms with Gasteiger partial charge < -0.3 is 14.9 Å². The van der Waals surface area contributed by atoms with Crippen molar-refractivity contribution in [1.82, 2.24) is 9.80 Å².